The van der Waals surface area contributed by atoms with Gasteiger partial charge in [0.25, 0.3) is 0 Å². The minimum atomic E-state index is 0.505. The molecule has 2 aromatic heterocycles. The Bertz CT molecular complexity index is 2730. The maximum atomic E-state index is 3.47. The molecule has 240 valence electrons. The van der Waals surface area contributed by atoms with Crippen LogP contribution < -0.4 is 0 Å². The first-order valence-corrected chi connectivity index (χ1v) is 17.7. The third kappa shape index (κ3) is 4.74. The van der Waals surface area contributed by atoms with Crippen LogP contribution in [-0.4, -0.2) is 9.13 Å². The molecule has 2 heterocycles. The number of para-hydroxylation sites is 2. The molecule has 1 aliphatic rings. The van der Waals surface area contributed by atoms with Gasteiger partial charge in [0.1, 0.15) is 5.52 Å². The number of hydrogen-bond donors (Lipinski definition) is 0. The highest BCUT2D eigenvalue weighted by atomic mass is 15.0. The van der Waals surface area contributed by atoms with Crippen LogP contribution in [0, 0.1) is 18.1 Å². The highest BCUT2D eigenvalue weighted by Crippen LogP contribution is 2.43. The Labute approximate surface area is 298 Å². The number of hydrogen-bond acceptors (Lipinski definition) is 0. The summed E-state index contributed by atoms with van der Waals surface area (Å²) in [5.74, 6) is 0.505. The number of allylic oxidation sites excluding steroid dienone is 1. The zero-order chi connectivity index (χ0) is 33.9. The molecule has 2 nitrogen and oxygen atoms in total. The first-order chi connectivity index (χ1) is 25.2. The van der Waals surface area contributed by atoms with E-state index >= 15 is 0 Å². The van der Waals surface area contributed by atoms with E-state index < -0.39 is 0 Å². The Morgan fingerprint density at radius 3 is 1.69 bits per heavy atom. The second-order valence-corrected chi connectivity index (χ2v) is 13.7. The number of aromatic nitrogens is 2. The molecule has 1 unspecified atom stereocenters. The second kappa shape index (κ2) is 11.8. The highest BCUT2D eigenvalue weighted by Gasteiger charge is 2.23. The lowest BCUT2D eigenvalue weighted by atomic mass is 9.88. The van der Waals surface area contributed by atoms with Gasteiger partial charge in [-0.05, 0) is 112 Å². The summed E-state index contributed by atoms with van der Waals surface area (Å²) in [4.78, 5) is 0. The predicted molar refractivity (Wildman–Crippen MR) is 213 cm³/mol. The molecule has 51 heavy (non-hydrogen) atoms. The zero-order valence-electron chi connectivity index (χ0n) is 28.3. The molecule has 0 saturated carbocycles. The van der Waals surface area contributed by atoms with Crippen molar-refractivity contribution in [2.24, 2.45) is 5.92 Å². The van der Waals surface area contributed by atoms with Crippen molar-refractivity contribution in [3.05, 3.63) is 187 Å². The number of fused-ring (bicyclic) bond motifs is 6. The molecular weight excluding hydrogens is 617 g/mol. The van der Waals surface area contributed by atoms with Gasteiger partial charge in [0.05, 0.1) is 16.7 Å². The fourth-order valence-electron chi connectivity index (χ4n) is 8.22. The molecule has 0 N–H and O–H groups in total. The summed E-state index contributed by atoms with van der Waals surface area (Å²) in [6, 6.07) is 63.9. The van der Waals surface area contributed by atoms with E-state index in [-0.39, 0.29) is 0 Å². The van der Waals surface area contributed by atoms with Crippen LogP contribution in [0.15, 0.2) is 164 Å². The summed E-state index contributed by atoms with van der Waals surface area (Å²) < 4.78 is 4.79. The molecule has 0 amide bonds. The molecule has 0 radical (unpaired) electrons. The van der Waals surface area contributed by atoms with E-state index in [9.17, 15) is 0 Å². The topological polar surface area (TPSA) is 9.86 Å². The van der Waals surface area contributed by atoms with Crippen LogP contribution in [0.5, 0.6) is 0 Å². The molecule has 0 bridgehead atoms. The van der Waals surface area contributed by atoms with Crippen molar-refractivity contribution >= 4 is 38.8 Å². The van der Waals surface area contributed by atoms with E-state index in [2.05, 4.69) is 192 Å². The van der Waals surface area contributed by atoms with E-state index in [1.54, 1.807) is 0 Å². The van der Waals surface area contributed by atoms with Gasteiger partial charge < -0.3 is 9.13 Å². The van der Waals surface area contributed by atoms with Gasteiger partial charge in [-0.15, -0.1) is 0 Å². The van der Waals surface area contributed by atoms with Gasteiger partial charge in [-0.2, -0.15) is 0 Å². The molecule has 7 aromatic carbocycles. The molecule has 1 aliphatic carbocycles. The van der Waals surface area contributed by atoms with Crippen molar-refractivity contribution in [2.45, 2.75) is 13.3 Å². The Balaban J connectivity index is 1.22. The molecule has 10 rings (SSSR count). The van der Waals surface area contributed by atoms with Gasteiger partial charge in [-0.1, -0.05) is 128 Å². The Kier molecular flexibility index (Phi) is 6.79. The fourth-order valence-corrected chi connectivity index (χ4v) is 8.22. The van der Waals surface area contributed by atoms with Crippen LogP contribution in [0.2, 0.25) is 0 Å². The molecule has 9 aromatic rings. The van der Waals surface area contributed by atoms with Crippen molar-refractivity contribution in [1.82, 2.24) is 9.13 Å². The van der Waals surface area contributed by atoms with Gasteiger partial charge in [0, 0.05) is 27.5 Å². The largest absolute Gasteiger partial charge is 0.309 e. The summed E-state index contributed by atoms with van der Waals surface area (Å²) in [6.07, 6.45) is 5.66. The van der Waals surface area contributed by atoms with E-state index in [0.29, 0.717) is 5.92 Å². The van der Waals surface area contributed by atoms with Crippen molar-refractivity contribution in [3.63, 3.8) is 0 Å². The van der Waals surface area contributed by atoms with Crippen molar-refractivity contribution < 1.29 is 0 Å². The summed E-state index contributed by atoms with van der Waals surface area (Å²) in [5.41, 5.74) is 15.6. The van der Waals surface area contributed by atoms with Crippen LogP contribution in [0.1, 0.15) is 18.2 Å². The fraction of sp³-hybridized carbons (Fsp3) is 0.0612. The lowest BCUT2D eigenvalue weighted by molar-refractivity contribution is 0.718. The molecule has 0 spiro atoms. The highest BCUT2D eigenvalue weighted by molar-refractivity contribution is 6.09. The number of benzene rings is 6. The Morgan fingerprint density at radius 2 is 1.08 bits per heavy atom. The third-order valence-corrected chi connectivity index (χ3v) is 10.5. The molecule has 0 fully saturated rings. The van der Waals surface area contributed by atoms with Crippen LogP contribution in [-0.2, 0) is 6.42 Å². The third-order valence-electron chi connectivity index (χ3n) is 10.5. The van der Waals surface area contributed by atoms with Gasteiger partial charge in [0.15, 0.2) is 0 Å². The lowest BCUT2D eigenvalue weighted by Gasteiger charge is -2.20. The summed E-state index contributed by atoms with van der Waals surface area (Å²) in [7, 11) is 0. The van der Waals surface area contributed by atoms with Gasteiger partial charge >= 0.3 is 0 Å². The predicted octanol–water partition coefficient (Wildman–Crippen LogP) is 12.5. The van der Waals surface area contributed by atoms with Gasteiger partial charge in [-0.25, -0.2) is 0 Å². The lowest BCUT2D eigenvalue weighted by Crippen LogP contribution is -2.05. The van der Waals surface area contributed by atoms with Crippen molar-refractivity contribution in [3.8, 4) is 44.8 Å². The Morgan fingerprint density at radius 1 is 0.529 bits per heavy atom. The first kappa shape index (κ1) is 29.4. The average molecular weight is 651 g/mol. The molecule has 2 heteroatoms. The number of rotatable bonds is 5. The summed E-state index contributed by atoms with van der Waals surface area (Å²) in [5, 5.41) is 3.79. The maximum absolute atomic E-state index is 3.47. The maximum Gasteiger partial charge on any atom is 0.105 e. The van der Waals surface area contributed by atoms with Gasteiger partial charge in [0.2, 0.25) is 0 Å². The SMILES string of the molecule is CC1C=Cc2c(c3ccc#cc3n2-c2ccc(-c3ccc(-n4c5ccccc5c5ccccc54)cc3-c3ccccc3)c(-c3ccccc3)c2)C1. The van der Waals surface area contributed by atoms with E-state index in [0.717, 1.165) is 23.3 Å². The number of nitrogens with zero attached hydrogens (tertiary/aromatic N) is 2. The van der Waals surface area contributed by atoms with E-state index in [1.807, 2.05) is 6.07 Å². The average Bonchev–Trinajstić information content (AvgIpc) is 3.71. The smallest absolute Gasteiger partial charge is 0.105 e. The zero-order valence-corrected chi connectivity index (χ0v) is 28.3. The van der Waals surface area contributed by atoms with Crippen molar-refractivity contribution in [1.29, 1.82) is 0 Å². The van der Waals surface area contributed by atoms with E-state index in [4.69, 9.17) is 0 Å². The first-order valence-electron chi connectivity index (χ1n) is 17.7. The van der Waals surface area contributed by atoms with Crippen LogP contribution in [0.25, 0.3) is 83.5 Å². The molecule has 1 atom stereocenters. The minimum Gasteiger partial charge on any atom is -0.309 e. The molecule has 0 saturated heterocycles. The second-order valence-electron chi connectivity index (χ2n) is 13.7. The van der Waals surface area contributed by atoms with Crippen molar-refractivity contribution in [2.75, 3.05) is 0 Å². The van der Waals surface area contributed by atoms with Crippen LogP contribution in [0.3, 0.4) is 0 Å². The molecular formula is C49H34N2. The minimum absolute atomic E-state index is 0.505. The normalized spacial score (nSPS) is 13.9. The summed E-state index contributed by atoms with van der Waals surface area (Å²) >= 11 is 0. The van der Waals surface area contributed by atoms with E-state index in [1.165, 1.54) is 71.8 Å². The summed E-state index contributed by atoms with van der Waals surface area (Å²) in [6.45, 7) is 2.29. The Hall–Kier alpha value is -6.56. The van der Waals surface area contributed by atoms with Gasteiger partial charge in [-0.3, -0.25) is 0 Å². The quantitative estimate of drug-likeness (QED) is 0.175. The standard InChI is InChI=1S/C49H34N2/c1-33-24-29-49-45(30-33)42-20-10-13-23-48(42)51(49)37-26-28-39(44(32-37)35-16-6-3-7-17-35)38-27-25-36(31-43(38)34-14-4-2-5-15-34)50-46-21-11-8-18-40(46)41-19-9-12-22-47(41)50/h2-12,14-22,24-29,31-33H,30H2,1H3. The van der Waals surface area contributed by atoms with Crippen LogP contribution in [0.4, 0.5) is 0 Å². The molecule has 0 aliphatic heterocycles. The van der Waals surface area contributed by atoms with Crippen LogP contribution >= 0.6 is 0 Å². The monoisotopic (exact) mass is 650 g/mol.